The SMILES string of the molecule is Cc1cc2sc(-c3c(C)nc(NCC4CC4)nc3NC3CC(CO)C(O)C3O)nc2c(C)n1. The van der Waals surface area contributed by atoms with E-state index in [-0.39, 0.29) is 12.5 Å². The molecule has 5 rings (SSSR count). The Balaban J connectivity index is 1.55. The summed E-state index contributed by atoms with van der Waals surface area (Å²) in [7, 11) is 0. The largest absolute Gasteiger partial charge is 0.396 e. The summed E-state index contributed by atoms with van der Waals surface area (Å²) in [5.74, 6) is 1.39. The molecule has 2 fully saturated rings. The molecule has 3 aromatic rings. The van der Waals surface area contributed by atoms with E-state index in [0.717, 1.165) is 44.4 Å². The number of aryl methyl sites for hydroxylation is 3. The predicted octanol–water partition coefficient (Wildman–Crippen LogP) is 2.41. The van der Waals surface area contributed by atoms with Gasteiger partial charge >= 0.3 is 0 Å². The summed E-state index contributed by atoms with van der Waals surface area (Å²) in [4.78, 5) is 18.9. The first-order chi connectivity index (χ1) is 15.8. The van der Waals surface area contributed by atoms with Gasteiger partial charge in [0.25, 0.3) is 0 Å². The molecule has 10 heteroatoms. The number of anilines is 2. The van der Waals surface area contributed by atoms with Gasteiger partial charge in [-0.15, -0.1) is 11.3 Å². The van der Waals surface area contributed by atoms with Crippen LogP contribution in [0, 0.1) is 32.6 Å². The topological polar surface area (TPSA) is 136 Å². The average Bonchev–Trinajstić information content (AvgIpc) is 3.45. The van der Waals surface area contributed by atoms with Gasteiger partial charge in [0, 0.05) is 24.8 Å². The van der Waals surface area contributed by atoms with Gasteiger partial charge < -0.3 is 26.0 Å². The van der Waals surface area contributed by atoms with Crippen LogP contribution in [0.5, 0.6) is 0 Å². The summed E-state index contributed by atoms with van der Waals surface area (Å²) in [6.07, 6.45) is 0.905. The molecule has 3 heterocycles. The highest BCUT2D eigenvalue weighted by molar-refractivity contribution is 7.21. The predicted molar refractivity (Wildman–Crippen MR) is 128 cm³/mol. The summed E-state index contributed by atoms with van der Waals surface area (Å²) in [6, 6.07) is 1.59. The van der Waals surface area contributed by atoms with Crippen LogP contribution in [-0.2, 0) is 0 Å². The van der Waals surface area contributed by atoms with Gasteiger partial charge in [0.15, 0.2) is 0 Å². The van der Waals surface area contributed by atoms with Crippen LogP contribution in [0.15, 0.2) is 6.07 Å². The van der Waals surface area contributed by atoms with E-state index in [1.165, 1.54) is 12.8 Å². The number of fused-ring (bicyclic) bond motifs is 1. The van der Waals surface area contributed by atoms with Crippen molar-refractivity contribution >= 4 is 33.3 Å². The van der Waals surface area contributed by atoms with Crippen molar-refractivity contribution in [3.8, 4) is 10.6 Å². The zero-order chi connectivity index (χ0) is 23.3. The molecule has 2 aliphatic carbocycles. The number of hydrogen-bond acceptors (Lipinski definition) is 10. The highest BCUT2D eigenvalue weighted by atomic mass is 32.1. The molecule has 0 amide bonds. The maximum atomic E-state index is 10.6. The van der Waals surface area contributed by atoms with Crippen molar-refractivity contribution in [3.05, 3.63) is 23.1 Å². The third-order valence-electron chi connectivity index (χ3n) is 6.59. The maximum Gasteiger partial charge on any atom is 0.224 e. The highest BCUT2D eigenvalue weighted by Crippen LogP contribution is 2.39. The Kier molecular flexibility index (Phi) is 5.94. The van der Waals surface area contributed by atoms with E-state index in [1.54, 1.807) is 11.3 Å². The lowest BCUT2D eigenvalue weighted by Crippen LogP contribution is -2.35. The van der Waals surface area contributed by atoms with Crippen molar-refractivity contribution in [1.29, 1.82) is 0 Å². The number of nitrogens with one attached hydrogen (secondary N) is 2. The van der Waals surface area contributed by atoms with Crippen LogP contribution in [-0.4, -0.2) is 66.7 Å². The number of aliphatic hydroxyl groups excluding tert-OH is 3. The number of thiazole rings is 1. The van der Waals surface area contributed by atoms with Crippen LogP contribution >= 0.6 is 11.3 Å². The Hall–Kier alpha value is -2.40. The molecule has 5 N–H and O–H groups in total. The Labute approximate surface area is 196 Å². The van der Waals surface area contributed by atoms with Gasteiger partial charge in [-0.25, -0.2) is 9.97 Å². The first kappa shape index (κ1) is 22.4. The second kappa shape index (κ2) is 8.75. The van der Waals surface area contributed by atoms with Crippen molar-refractivity contribution < 1.29 is 15.3 Å². The number of nitrogens with zero attached hydrogens (tertiary/aromatic N) is 4. The van der Waals surface area contributed by atoms with E-state index >= 15 is 0 Å². The van der Waals surface area contributed by atoms with Crippen LogP contribution in [0.4, 0.5) is 11.8 Å². The summed E-state index contributed by atoms with van der Waals surface area (Å²) in [5.41, 5.74) is 4.24. The van der Waals surface area contributed by atoms with Gasteiger partial charge in [-0.1, -0.05) is 0 Å². The van der Waals surface area contributed by atoms with E-state index < -0.39 is 18.2 Å². The Morgan fingerprint density at radius 2 is 1.82 bits per heavy atom. The second-order valence-electron chi connectivity index (χ2n) is 9.31. The lowest BCUT2D eigenvalue weighted by molar-refractivity contribution is 0.00446. The minimum atomic E-state index is -1.00. The van der Waals surface area contributed by atoms with Crippen LogP contribution in [0.3, 0.4) is 0 Å². The molecular formula is C23H30N6O3S. The van der Waals surface area contributed by atoms with Crippen LogP contribution in [0.25, 0.3) is 20.8 Å². The fourth-order valence-electron chi connectivity index (χ4n) is 4.53. The molecule has 2 saturated carbocycles. The molecule has 176 valence electrons. The molecular weight excluding hydrogens is 440 g/mol. The highest BCUT2D eigenvalue weighted by Gasteiger charge is 2.41. The Bertz CT molecular complexity index is 1180. The number of aromatic nitrogens is 4. The van der Waals surface area contributed by atoms with E-state index in [2.05, 4.69) is 15.6 Å². The first-order valence-electron chi connectivity index (χ1n) is 11.4. The lowest BCUT2D eigenvalue weighted by atomic mass is 10.1. The molecule has 4 unspecified atom stereocenters. The minimum absolute atomic E-state index is 0.177. The van der Waals surface area contributed by atoms with Gasteiger partial charge in [0.2, 0.25) is 5.95 Å². The fraction of sp³-hybridized carbons (Fsp3) is 0.565. The third-order valence-corrected chi connectivity index (χ3v) is 7.61. The van der Waals surface area contributed by atoms with E-state index in [1.807, 2.05) is 26.8 Å². The zero-order valence-corrected chi connectivity index (χ0v) is 19.9. The van der Waals surface area contributed by atoms with Crippen molar-refractivity contribution in [2.75, 3.05) is 23.8 Å². The smallest absolute Gasteiger partial charge is 0.224 e. The molecule has 2 aliphatic rings. The van der Waals surface area contributed by atoms with Crippen molar-refractivity contribution in [3.63, 3.8) is 0 Å². The molecule has 0 bridgehead atoms. The summed E-state index contributed by atoms with van der Waals surface area (Å²) in [5, 5.41) is 37.9. The normalized spacial score (nSPS) is 25.0. The van der Waals surface area contributed by atoms with Crippen molar-refractivity contribution in [1.82, 2.24) is 19.9 Å². The molecule has 9 nitrogen and oxygen atoms in total. The Morgan fingerprint density at radius 1 is 1.03 bits per heavy atom. The van der Waals surface area contributed by atoms with E-state index in [0.29, 0.717) is 24.1 Å². The van der Waals surface area contributed by atoms with Crippen LogP contribution < -0.4 is 10.6 Å². The van der Waals surface area contributed by atoms with Gasteiger partial charge in [-0.05, 0) is 52.0 Å². The number of aliphatic hydroxyl groups is 3. The molecule has 0 radical (unpaired) electrons. The minimum Gasteiger partial charge on any atom is -0.396 e. The monoisotopic (exact) mass is 470 g/mol. The van der Waals surface area contributed by atoms with E-state index in [4.69, 9.17) is 15.0 Å². The quantitative estimate of drug-likeness (QED) is 0.352. The zero-order valence-electron chi connectivity index (χ0n) is 19.0. The molecule has 3 aromatic heterocycles. The Morgan fingerprint density at radius 3 is 2.52 bits per heavy atom. The van der Waals surface area contributed by atoms with Gasteiger partial charge in [-0.3, -0.25) is 4.98 Å². The van der Waals surface area contributed by atoms with E-state index in [9.17, 15) is 15.3 Å². The van der Waals surface area contributed by atoms with Crippen molar-refractivity contribution in [2.24, 2.45) is 11.8 Å². The van der Waals surface area contributed by atoms with Crippen molar-refractivity contribution in [2.45, 2.75) is 58.3 Å². The molecule has 4 atom stereocenters. The standard InChI is InChI=1S/C23H30N6O3S/c1-10-6-16-18(12(3)25-10)28-22(33-16)17-11(2)26-23(24-8-13-4-5-13)29-21(17)27-15-7-14(9-30)19(31)20(15)32/h6,13-15,19-20,30-32H,4-5,7-9H2,1-3H3,(H2,24,26,27,29). The first-order valence-corrected chi connectivity index (χ1v) is 12.3. The van der Waals surface area contributed by atoms with Crippen LogP contribution in [0.1, 0.15) is 36.3 Å². The summed E-state index contributed by atoms with van der Waals surface area (Å²) >= 11 is 1.56. The third kappa shape index (κ3) is 4.40. The maximum absolute atomic E-state index is 10.6. The number of hydrogen-bond donors (Lipinski definition) is 5. The molecule has 0 aromatic carbocycles. The number of rotatable bonds is 7. The fourth-order valence-corrected chi connectivity index (χ4v) is 5.74. The number of pyridine rings is 1. The molecule has 0 spiro atoms. The van der Waals surface area contributed by atoms with Crippen LogP contribution in [0.2, 0.25) is 0 Å². The second-order valence-corrected chi connectivity index (χ2v) is 10.3. The average molecular weight is 471 g/mol. The van der Waals surface area contributed by atoms with Gasteiger partial charge in [0.1, 0.15) is 22.4 Å². The molecule has 33 heavy (non-hydrogen) atoms. The van der Waals surface area contributed by atoms with Gasteiger partial charge in [-0.2, -0.15) is 4.98 Å². The summed E-state index contributed by atoms with van der Waals surface area (Å²) < 4.78 is 1.05. The molecule has 0 saturated heterocycles. The van der Waals surface area contributed by atoms with Gasteiger partial charge in [0.05, 0.1) is 33.8 Å². The summed E-state index contributed by atoms with van der Waals surface area (Å²) in [6.45, 7) is 6.52. The molecule has 0 aliphatic heterocycles. The lowest BCUT2D eigenvalue weighted by Gasteiger charge is -2.21.